The van der Waals surface area contributed by atoms with E-state index in [0.717, 1.165) is 16.9 Å². The van der Waals surface area contributed by atoms with Crippen LogP contribution in [0.25, 0.3) is 11.3 Å². The number of anilines is 1. The molecule has 0 bridgehead atoms. The molecule has 0 atom stereocenters. The Morgan fingerprint density at radius 1 is 1.06 bits per heavy atom. The van der Waals surface area contributed by atoms with Crippen LogP contribution in [0, 0.1) is 22.8 Å². The minimum Gasteiger partial charge on any atom is -0.335 e. The molecule has 2 rings (SSSR count). The molecule has 1 heterocycles. The van der Waals surface area contributed by atoms with Crippen LogP contribution in [0.3, 0.4) is 0 Å². The largest absolute Gasteiger partial charge is 0.335 e. The van der Waals surface area contributed by atoms with E-state index in [0.29, 0.717) is 5.69 Å². The molecule has 0 N–H and O–H groups in total. The molecule has 0 aliphatic rings. The minimum atomic E-state index is 0.628. The molecule has 4 heteroatoms. The zero-order valence-electron chi connectivity index (χ0n) is 10.3. The lowest BCUT2D eigenvalue weighted by Crippen LogP contribution is -2.07. The van der Waals surface area contributed by atoms with Gasteiger partial charge in [0.05, 0.1) is 5.69 Å². The highest BCUT2D eigenvalue weighted by molar-refractivity contribution is 5.65. The lowest BCUT2D eigenvalue weighted by atomic mass is 10.1. The molecule has 18 heavy (non-hydrogen) atoms. The Labute approximate surface area is 106 Å². The highest BCUT2D eigenvalue weighted by Crippen LogP contribution is 2.23. The second-order valence-electron chi connectivity index (χ2n) is 3.98. The van der Waals surface area contributed by atoms with Gasteiger partial charge in [0.1, 0.15) is 11.8 Å². The zero-order valence-corrected chi connectivity index (χ0v) is 10.3. The average molecular weight is 236 g/mol. The first-order valence-electron chi connectivity index (χ1n) is 5.47. The van der Waals surface area contributed by atoms with Crippen LogP contribution in [0.4, 0.5) is 5.69 Å². The normalized spacial score (nSPS) is 9.56. The lowest BCUT2D eigenvalue weighted by molar-refractivity contribution is 0.917. The lowest BCUT2D eigenvalue weighted by Gasteiger charge is -2.10. The number of nitriles is 2. The van der Waals surface area contributed by atoms with E-state index in [1.54, 1.807) is 13.1 Å². The molecule has 0 aliphatic carbocycles. The Bertz CT molecular complexity index is 638. The second-order valence-corrected chi connectivity index (χ2v) is 3.98. The van der Waals surface area contributed by atoms with Gasteiger partial charge < -0.3 is 4.57 Å². The molecule has 1 aromatic carbocycles. The Kier molecular flexibility index (Phi) is 3.03. The first-order valence-corrected chi connectivity index (χ1v) is 5.47. The van der Waals surface area contributed by atoms with Crippen LogP contribution in [0.15, 0.2) is 36.4 Å². The van der Waals surface area contributed by atoms with Crippen LogP contribution in [-0.2, 0) is 7.05 Å². The van der Waals surface area contributed by atoms with Gasteiger partial charge >= 0.3 is 0 Å². The maximum atomic E-state index is 8.91. The summed E-state index contributed by atoms with van der Waals surface area (Å²) in [6.07, 6.45) is 2.05. The van der Waals surface area contributed by atoms with Gasteiger partial charge in [-0.3, -0.25) is 4.90 Å². The second kappa shape index (κ2) is 4.65. The van der Waals surface area contributed by atoms with Crippen LogP contribution in [0.2, 0.25) is 0 Å². The summed E-state index contributed by atoms with van der Waals surface area (Å²) < 4.78 is 1.85. The van der Waals surface area contributed by atoms with Crippen LogP contribution in [0.1, 0.15) is 5.69 Å². The van der Waals surface area contributed by atoms with Crippen LogP contribution in [0.5, 0.6) is 0 Å². The number of benzene rings is 1. The van der Waals surface area contributed by atoms with E-state index in [4.69, 9.17) is 10.5 Å². The average Bonchev–Trinajstić information content (AvgIpc) is 2.79. The SMILES string of the molecule is CN(C#N)c1ccc(-c2ccc(C#N)n2C)cc1. The summed E-state index contributed by atoms with van der Waals surface area (Å²) in [5.74, 6) is 0. The Morgan fingerprint density at radius 2 is 1.72 bits per heavy atom. The first-order chi connectivity index (χ1) is 8.67. The van der Waals surface area contributed by atoms with E-state index in [1.165, 1.54) is 4.90 Å². The van der Waals surface area contributed by atoms with Gasteiger partial charge in [0.15, 0.2) is 6.19 Å². The molecule has 0 radical (unpaired) electrons. The van der Waals surface area contributed by atoms with Gasteiger partial charge in [-0.1, -0.05) is 12.1 Å². The van der Waals surface area contributed by atoms with E-state index < -0.39 is 0 Å². The molecular weight excluding hydrogens is 224 g/mol. The summed E-state index contributed by atoms with van der Waals surface area (Å²) in [4.78, 5) is 1.50. The molecule has 0 saturated heterocycles. The first kappa shape index (κ1) is 11.8. The maximum absolute atomic E-state index is 8.91. The summed E-state index contributed by atoms with van der Waals surface area (Å²) in [5, 5.41) is 17.7. The minimum absolute atomic E-state index is 0.628. The van der Waals surface area contributed by atoms with Crippen molar-refractivity contribution in [3.05, 3.63) is 42.1 Å². The van der Waals surface area contributed by atoms with E-state index >= 15 is 0 Å². The van der Waals surface area contributed by atoms with E-state index in [2.05, 4.69) is 12.3 Å². The van der Waals surface area contributed by atoms with Crippen molar-refractivity contribution in [3.63, 3.8) is 0 Å². The third kappa shape index (κ3) is 1.92. The van der Waals surface area contributed by atoms with Crippen molar-refractivity contribution >= 4 is 5.69 Å². The summed E-state index contributed by atoms with van der Waals surface area (Å²) in [5.41, 5.74) is 3.48. The van der Waals surface area contributed by atoms with Crippen molar-refractivity contribution in [2.75, 3.05) is 11.9 Å². The molecule has 88 valence electrons. The monoisotopic (exact) mass is 236 g/mol. The Morgan fingerprint density at radius 3 is 2.22 bits per heavy atom. The van der Waals surface area contributed by atoms with Crippen molar-refractivity contribution in [1.82, 2.24) is 4.57 Å². The number of rotatable bonds is 2. The third-order valence-electron chi connectivity index (χ3n) is 2.94. The number of hydrogen-bond donors (Lipinski definition) is 0. The molecule has 0 fully saturated rings. The third-order valence-corrected chi connectivity index (χ3v) is 2.94. The predicted octanol–water partition coefficient (Wildman–Crippen LogP) is 2.48. The number of nitrogens with zero attached hydrogens (tertiary/aromatic N) is 4. The smallest absolute Gasteiger partial charge is 0.183 e. The van der Waals surface area contributed by atoms with Gasteiger partial charge in [0.25, 0.3) is 0 Å². The van der Waals surface area contributed by atoms with Crippen molar-refractivity contribution in [2.45, 2.75) is 0 Å². The molecular formula is C14H12N4. The van der Waals surface area contributed by atoms with Crippen LogP contribution < -0.4 is 4.90 Å². The van der Waals surface area contributed by atoms with Crippen LogP contribution in [-0.4, -0.2) is 11.6 Å². The van der Waals surface area contributed by atoms with Crippen molar-refractivity contribution in [3.8, 4) is 23.5 Å². The van der Waals surface area contributed by atoms with Crippen molar-refractivity contribution in [1.29, 1.82) is 10.5 Å². The highest BCUT2D eigenvalue weighted by atomic mass is 15.1. The van der Waals surface area contributed by atoms with Gasteiger partial charge in [-0.25, -0.2) is 0 Å². The maximum Gasteiger partial charge on any atom is 0.183 e. The highest BCUT2D eigenvalue weighted by Gasteiger charge is 2.06. The van der Waals surface area contributed by atoms with E-state index in [1.807, 2.05) is 41.9 Å². The Balaban J connectivity index is 2.39. The van der Waals surface area contributed by atoms with E-state index in [-0.39, 0.29) is 0 Å². The van der Waals surface area contributed by atoms with Crippen molar-refractivity contribution in [2.24, 2.45) is 7.05 Å². The molecule has 2 aromatic rings. The van der Waals surface area contributed by atoms with Crippen LogP contribution >= 0.6 is 0 Å². The fraction of sp³-hybridized carbons (Fsp3) is 0.143. The van der Waals surface area contributed by atoms with E-state index in [9.17, 15) is 0 Å². The summed E-state index contributed by atoms with van der Waals surface area (Å²) >= 11 is 0. The molecule has 0 unspecified atom stereocenters. The number of hydrogen-bond acceptors (Lipinski definition) is 3. The van der Waals surface area contributed by atoms with Gasteiger partial charge in [-0.05, 0) is 29.8 Å². The van der Waals surface area contributed by atoms with Gasteiger partial charge in [-0.15, -0.1) is 0 Å². The van der Waals surface area contributed by atoms with Gasteiger partial charge in [0.2, 0.25) is 0 Å². The summed E-state index contributed by atoms with van der Waals surface area (Å²) in [6, 6.07) is 13.5. The number of aromatic nitrogens is 1. The predicted molar refractivity (Wildman–Crippen MR) is 69.6 cm³/mol. The molecule has 0 spiro atoms. The van der Waals surface area contributed by atoms with Crippen molar-refractivity contribution < 1.29 is 0 Å². The fourth-order valence-electron chi connectivity index (χ4n) is 1.83. The molecule has 0 amide bonds. The zero-order chi connectivity index (χ0) is 13.1. The van der Waals surface area contributed by atoms with Gasteiger partial charge in [0, 0.05) is 19.8 Å². The molecule has 4 nitrogen and oxygen atoms in total. The summed E-state index contributed by atoms with van der Waals surface area (Å²) in [6.45, 7) is 0. The topological polar surface area (TPSA) is 55.8 Å². The van der Waals surface area contributed by atoms with Gasteiger partial charge in [-0.2, -0.15) is 10.5 Å². The standard InChI is InChI=1S/C14H12N4/c1-17(10-16)12-5-3-11(4-6-12)14-8-7-13(9-15)18(14)2/h3-8H,1-2H3. The quantitative estimate of drug-likeness (QED) is 0.594. The molecule has 0 aliphatic heterocycles. The molecule has 1 aromatic heterocycles. The molecule has 0 saturated carbocycles. The summed E-state index contributed by atoms with van der Waals surface area (Å²) in [7, 11) is 3.58. The Hall–Kier alpha value is -2.72. The fourth-order valence-corrected chi connectivity index (χ4v) is 1.83.